The average Bonchev–Trinajstić information content (AvgIpc) is 2.78. The van der Waals surface area contributed by atoms with Gasteiger partial charge in [-0.1, -0.05) is 17.3 Å². The van der Waals surface area contributed by atoms with Crippen LogP contribution in [0.15, 0.2) is 58.6 Å². The van der Waals surface area contributed by atoms with Crippen LogP contribution >= 0.6 is 0 Å². The summed E-state index contributed by atoms with van der Waals surface area (Å²) in [6.07, 6.45) is -3.67. The fourth-order valence-corrected chi connectivity index (χ4v) is 4.65. The van der Waals surface area contributed by atoms with Crippen LogP contribution in [0.3, 0.4) is 0 Å². The van der Waals surface area contributed by atoms with E-state index in [9.17, 15) is 21.6 Å². The van der Waals surface area contributed by atoms with Crippen molar-refractivity contribution in [3.63, 3.8) is 0 Å². The molecule has 2 aromatic rings. The Morgan fingerprint density at radius 1 is 1.09 bits per heavy atom. The summed E-state index contributed by atoms with van der Waals surface area (Å²) >= 11 is 0. The molecule has 1 aliphatic rings. The number of rotatable bonds is 8. The number of hydrogen-bond donors (Lipinski definition) is 2. The number of hydrogen-bond acceptors (Lipinski definition) is 6. The lowest BCUT2D eigenvalue weighted by atomic mass is 10.1. The number of nitrogens with zero attached hydrogens (tertiary/aromatic N) is 2. The standard InChI is InChI=1S/C21H24F3N3O4S/c22-21(23,24)17-3-1-2-16(14-17)15-31-26-19-8-11-27(12-9-19)32(29,30)20-6-4-18(5-7-20)25-10-13-28/h1-7,14,25,28H,8-13,15H2. The van der Waals surface area contributed by atoms with Crippen molar-refractivity contribution in [3.8, 4) is 0 Å². The number of piperidine rings is 1. The van der Waals surface area contributed by atoms with E-state index in [-0.39, 0.29) is 31.2 Å². The van der Waals surface area contributed by atoms with Gasteiger partial charge in [0.15, 0.2) is 0 Å². The maximum Gasteiger partial charge on any atom is 0.416 e. The molecule has 0 aromatic heterocycles. The Kier molecular flexibility index (Phi) is 7.75. The molecule has 0 unspecified atom stereocenters. The first-order chi connectivity index (χ1) is 15.2. The van der Waals surface area contributed by atoms with Crippen LogP contribution in [0.4, 0.5) is 18.9 Å². The molecule has 174 valence electrons. The summed E-state index contributed by atoms with van der Waals surface area (Å²) < 4.78 is 65.4. The quantitative estimate of drug-likeness (QED) is 0.576. The number of aliphatic hydroxyl groups is 1. The van der Waals surface area contributed by atoms with Gasteiger partial charge in [0.25, 0.3) is 0 Å². The third kappa shape index (κ3) is 6.21. The number of oxime groups is 1. The number of benzene rings is 2. The normalized spacial score (nSPS) is 15.4. The largest absolute Gasteiger partial charge is 0.416 e. The molecule has 1 aliphatic heterocycles. The Bertz CT molecular complexity index is 1030. The lowest BCUT2D eigenvalue weighted by Crippen LogP contribution is -2.38. The van der Waals surface area contributed by atoms with Crippen molar-refractivity contribution < 1.29 is 31.5 Å². The van der Waals surface area contributed by atoms with Crippen molar-refractivity contribution in [2.45, 2.75) is 30.5 Å². The molecule has 0 aliphatic carbocycles. The molecule has 0 radical (unpaired) electrons. The summed E-state index contributed by atoms with van der Waals surface area (Å²) in [7, 11) is -3.65. The SMILES string of the molecule is O=S(=O)(c1ccc(NCCO)cc1)N1CCC(=NOCc2cccc(C(F)(F)F)c2)CC1. The molecule has 7 nitrogen and oxygen atoms in total. The number of anilines is 1. The molecule has 0 amide bonds. The zero-order chi connectivity index (χ0) is 23.2. The van der Waals surface area contributed by atoms with E-state index in [0.717, 1.165) is 12.1 Å². The Morgan fingerprint density at radius 2 is 1.78 bits per heavy atom. The van der Waals surface area contributed by atoms with Crippen molar-refractivity contribution in [3.05, 3.63) is 59.7 Å². The highest BCUT2D eigenvalue weighted by molar-refractivity contribution is 7.89. The first-order valence-electron chi connectivity index (χ1n) is 9.99. The molecular formula is C21H24F3N3O4S. The summed E-state index contributed by atoms with van der Waals surface area (Å²) in [6, 6.07) is 11.1. The van der Waals surface area contributed by atoms with Crippen LogP contribution in [0, 0.1) is 0 Å². The molecule has 11 heteroatoms. The number of alkyl halides is 3. The van der Waals surface area contributed by atoms with Crippen LogP contribution in [0.25, 0.3) is 0 Å². The summed E-state index contributed by atoms with van der Waals surface area (Å²) in [6.45, 7) is 0.709. The van der Waals surface area contributed by atoms with Gasteiger partial charge >= 0.3 is 6.18 Å². The molecular weight excluding hydrogens is 447 g/mol. The second-order valence-corrected chi connectivity index (χ2v) is 9.15. The zero-order valence-electron chi connectivity index (χ0n) is 17.2. The van der Waals surface area contributed by atoms with E-state index < -0.39 is 21.8 Å². The van der Waals surface area contributed by atoms with Gasteiger partial charge in [0.2, 0.25) is 10.0 Å². The van der Waals surface area contributed by atoms with Crippen molar-refractivity contribution in [1.82, 2.24) is 4.31 Å². The van der Waals surface area contributed by atoms with Crippen molar-refractivity contribution in [2.75, 3.05) is 31.6 Å². The molecule has 3 rings (SSSR count). The smallest absolute Gasteiger partial charge is 0.395 e. The van der Waals surface area contributed by atoms with Crippen LogP contribution < -0.4 is 5.32 Å². The van der Waals surface area contributed by atoms with Crippen LogP contribution in [0.1, 0.15) is 24.0 Å². The summed E-state index contributed by atoms with van der Waals surface area (Å²) in [4.78, 5) is 5.38. The number of aliphatic hydroxyl groups excluding tert-OH is 1. The second-order valence-electron chi connectivity index (χ2n) is 7.21. The zero-order valence-corrected chi connectivity index (χ0v) is 18.0. The maximum absolute atomic E-state index is 12.8. The minimum atomic E-state index is -4.42. The average molecular weight is 472 g/mol. The third-order valence-electron chi connectivity index (χ3n) is 4.91. The first-order valence-corrected chi connectivity index (χ1v) is 11.4. The van der Waals surface area contributed by atoms with Gasteiger partial charge in [0.1, 0.15) is 6.61 Å². The molecule has 0 saturated carbocycles. The van der Waals surface area contributed by atoms with Gasteiger partial charge in [0, 0.05) is 38.2 Å². The van der Waals surface area contributed by atoms with Gasteiger partial charge in [-0.25, -0.2) is 8.42 Å². The van der Waals surface area contributed by atoms with Gasteiger partial charge in [0.05, 0.1) is 22.8 Å². The minimum absolute atomic E-state index is 0.0264. The topological polar surface area (TPSA) is 91.2 Å². The van der Waals surface area contributed by atoms with Crippen molar-refractivity contribution >= 4 is 21.4 Å². The van der Waals surface area contributed by atoms with E-state index in [1.165, 1.54) is 28.6 Å². The highest BCUT2D eigenvalue weighted by atomic mass is 32.2. The summed E-state index contributed by atoms with van der Waals surface area (Å²) in [5, 5.41) is 15.8. The summed E-state index contributed by atoms with van der Waals surface area (Å²) in [5.74, 6) is 0. The van der Waals surface area contributed by atoms with Gasteiger partial charge in [-0.3, -0.25) is 0 Å². The number of halogens is 3. The fraction of sp³-hybridized carbons (Fsp3) is 0.381. The molecule has 32 heavy (non-hydrogen) atoms. The van der Waals surface area contributed by atoms with Crippen LogP contribution in [0.2, 0.25) is 0 Å². The molecule has 2 N–H and O–H groups in total. The van der Waals surface area contributed by atoms with Gasteiger partial charge in [-0.2, -0.15) is 17.5 Å². The lowest BCUT2D eigenvalue weighted by Gasteiger charge is -2.26. The van der Waals surface area contributed by atoms with Crippen molar-refractivity contribution in [2.24, 2.45) is 5.16 Å². The van der Waals surface area contributed by atoms with E-state index in [2.05, 4.69) is 10.5 Å². The Balaban J connectivity index is 1.53. The molecule has 0 bridgehead atoms. The predicted molar refractivity (Wildman–Crippen MR) is 114 cm³/mol. The number of nitrogens with one attached hydrogen (secondary N) is 1. The highest BCUT2D eigenvalue weighted by Gasteiger charge is 2.30. The van der Waals surface area contributed by atoms with Gasteiger partial charge in [-0.05, 0) is 42.0 Å². The highest BCUT2D eigenvalue weighted by Crippen LogP contribution is 2.29. The third-order valence-corrected chi connectivity index (χ3v) is 6.82. The first kappa shape index (κ1) is 24.0. The molecule has 0 atom stereocenters. The summed E-state index contributed by atoms with van der Waals surface area (Å²) in [5.41, 5.74) is 0.971. The molecule has 0 spiro atoms. The Labute approximate surface area is 184 Å². The van der Waals surface area contributed by atoms with E-state index in [0.29, 0.717) is 36.3 Å². The maximum atomic E-state index is 12.8. The fourth-order valence-electron chi connectivity index (χ4n) is 3.21. The van der Waals surface area contributed by atoms with Crippen LogP contribution in [0.5, 0.6) is 0 Å². The number of sulfonamides is 1. The van der Waals surface area contributed by atoms with Crippen LogP contribution in [-0.4, -0.2) is 49.8 Å². The van der Waals surface area contributed by atoms with E-state index in [4.69, 9.17) is 9.94 Å². The monoisotopic (exact) mass is 471 g/mol. The van der Waals surface area contributed by atoms with E-state index in [1.54, 1.807) is 12.1 Å². The molecule has 1 saturated heterocycles. The minimum Gasteiger partial charge on any atom is -0.395 e. The van der Waals surface area contributed by atoms with Gasteiger partial charge in [-0.15, -0.1) is 0 Å². The molecule has 1 fully saturated rings. The van der Waals surface area contributed by atoms with E-state index >= 15 is 0 Å². The van der Waals surface area contributed by atoms with Crippen LogP contribution in [-0.2, 0) is 27.6 Å². The van der Waals surface area contributed by atoms with E-state index in [1.807, 2.05) is 0 Å². The Hall–Kier alpha value is -2.63. The van der Waals surface area contributed by atoms with Crippen molar-refractivity contribution in [1.29, 1.82) is 0 Å². The Morgan fingerprint density at radius 3 is 2.41 bits per heavy atom. The molecule has 2 aromatic carbocycles. The second kappa shape index (κ2) is 10.3. The van der Waals surface area contributed by atoms with Gasteiger partial charge < -0.3 is 15.3 Å². The molecule has 1 heterocycles. The lowest BCUT2D eigenvalue weighted by molar-refractivity contribution is -0.137. The predicted octanol–water partition coefficient (Wildman–Crippen LogP) is 3.47.